The van der Waals surface area contributed by atoms with E-state index in [1.165, 1.54) is 25.0 Å². The van der Waals surface area contributed by atoms with Crippen molar-refractivity contribution in [3.05, 3.63) is 64.8 Å². The van der Waals surface area contributed by atoms with Crippen molar-refractivity contribution in [3.63, 3.8) is 0 Å². The quantitative estimate of drug-likeness (QED) is 0.365. The highest BCUT2D eigenvalue weighted by atomic mass is 19.1. The van der Waals surface area contributed by atoms with Crippen LogP contribution in [0.5, 0.6) is 0 Å². The van der Waals surface area contributed by atoms with Crippen molar-refractivity contribution < 1.29 is 8.81 Å². The molecule has 11 heteroatoms. The highest BCUT2D eigenvalue weighted by Gasteiger charge is 2.26. The van der Waals surface area contributed by atoms with E-state index in [0.29, 0.717) is 40.9 Å². The molecule has 1 saturated heterocycles. The van der Waals surface area contributed by atoms with E-state index >= 15 is 0 Å². The Morgan fingerprint density at radius 1 is 1.00 bits per heavy atom. The summed E-state index contributed by atoms with van der Waals surface area (Å²) >= 11 is 0. The van der Waals surface area contributed by atoms with Crippen molar-refractivity contribution in [2.45, 2.75) is 25.8 Å². The zero-order chi connectivity index (χ0) is 24.9. The van der Waals surface area contributed by atoms with E-state index in [1.54, 1.807) is 15.3 Å². The number of fused-ring (bicyclic) bond motifs is 3. The molecule has 0 unspecified atom stereocenters. The molecule has 1 N–H and O–H groups in total. The van der Waals surface area contributed by atoms with Crippen molar-refractivity contribution in [2.24, 2.45) is 5.92 Å². The molecule has 0 spiro atoms. The Balaban J connectivity index is 1.14. The highest BCUT2D eigenvalue weighted by Crippen LogP contribution is 2.33. The summed E-state index contributed by atoms with van der Waals surface area (Å²) in [5.41, 5.74) is 2.66. The van der Waals surface area contributed by atoms with Gasteiger partial charge in [-0.15, -0.1) is 0 Å². The van der Waals surface area contributed by atoms with Gasteiger partial charge in [0, 0.05) is 51.4 Å². The maximum atomic E-state index is 13.3. The van der Waals surface area contributed by atoms with Crippen LogP contribution in [0.25, 0.3) is 28.4 Å². The van der Waals surface area contributed by atoms with E-state index in [9.17, 15) is 9.18 Å². The Morgan fingerprint density at radius 3 is 2.54 bits per heavy atom. The van der Waals surface area contributed by atoms with Gasteiger partial charge >= 0.3 is 5.69 Å². The van der Waals surface area contributed by atoms with Gasteiger partial charge < -0.3 is 9.32 Å². The number of hydrogen-bond donors (Lipinski definition) is 1. The van der Waals surface area contributed by atoms with Gasteiger partial charge in [-0.25, -0.2) is 28.8 Å². The number of imidazole rings is 1. The summed E-state index contributed by atoms with van der Waals surface area (Å²) < 4.78 is 22.3. The predicted octanol–water partition coefficient (Wildman–Crippen LogP) is 2.94. The fourth-order valence-electron chi connectivity index (χ4n) is 5.13. The number of furan rings is 1. The molecule has 0 atom stereocenters. The number of rotatable bonds is 7. The van der Waals surface area contributed by atoms with E-state index in [4.69, 9.17) is 19.4 Å². The molecule has 1 saturated carbocycles. The minimum Gasteiger partial charge on any atom is -0.463 e. The van der Waals surface area contributed by atoms with Gasteiger partial charge in [-0.1, -0.05) is 0 Å². The van der Waals surface area contributed by atoms with E-state index < -0.39 is 0 Å². The Hall–Kier alpha value is -3.99. The minimum absolute atomic E-state index is 0.221. The first kappa shape index (κ1) is 22.2. The smallest absolute Gasteiger partial charge is 0.343 e. The number of piperazine rings is 1. The molecule has 7 rings (SSSR count). The largest absolute Gasteiger partial charge is 0.463 e. The average Bonchev–Trinajstić information content (AvgIpc) is 3.29. The number of nitrogens with zero attached hydrogens (tertiary/aromatic N) is 7. The molecule has 190 valence electrons. The molecule has 1 aromatic carbocycles. The molecule has 0 radical (unpaired) electrons. The second kappa shape index (κ2) is 8.84. The number of aromatic amines is 1. The molecule has 2 fully saturated rings. The summed E-state index contributed by atoms with van der Waals surface area (Å²) in [6.45, 7) is 4.65. The van der Waals surface area contributed by atoms with E-state index in [0.717, 1.165) is 50.7 Å². The number of anilines is 1. The molecular formula is C26H27FN8O2. The number of hydrogen-bond acceptors (Lipinski definition) is 7. The maximum absolute atomic E-state index is 13.3. The summed E-state index contributed by atoms with van der Waals surface area (Å²) in [6.07, 6.45) is 4.86. The van der Waals surface area contributed by atoms with Crippen LogP contribution in [0.4, 0.5) is 10.1 Å². The fraction of sp³-hybridized carbons (Fsp3) is 0.385. The molecule has 0 amide bonds. The van der Waals surface area contributed by atoms with Crippen molar-refractivity contribution in [2.75, 3.05) is 37.6 Å². The third kappa shape index (κ3) is 4.18. The first-order chi connectivity index (χ1) is 18.1. The molecule has 5 heterocycles. The minimum atomic E-state index is -0.223. The van der Waals surface area contributed by atoms with Gasteiger partial charge in [-0.2, -0.15) is 4.98 Å². The van der Waals surface area contributed by atoms with Crippen LogP contribution in [-0.2, 0) is 13.0 Å². The van der Waals surface area contributed by atoms with Gasteiger partial charge in [0.2, 0.25) is 5.78 Å². The zero-order valence-electron chi connectivity index (χ0n) is 20.3. The molecule has 37 heavy (non-hydrogen) atoms. The van der Waals surface area contributed by atoms with Gasteiger partial charge in [0.25, 0.3) is 0 Å². The third-order valence-corrected chi connectivity index (χ3v) is 7.36. The molecule has 4 aromatic heterocycles. The number of benzene rings is 1. The van der Waals surface area contributed by atoms with E-state index in [1.807, 2.05) is 24.3 Å². The number of halogens is 1. The summed E-state index contributed by atoms with van der Waals surface area (Å²) in [4.78, 5) is 31.8. The number of aromatic nitrogens is 6. The summed E-state index contributed by atoms with van der Waals surface area (Å²) in [7, 11) is 0. The lowest BCUT2D eigenvalue weighted by Gasteiger charge is -2.36. The Morgan fingerprint density at radius 2 is 1.81 bits per heavy atom. The van der Waals surface area contributed by atoms with E-state index in [-0.39, 0.29) is 11.5 Å². The van der Waals surface area contributed by atoms with Crippen LogP contribution in [0.15, 0.2) is 51.9 Å². The monoisotopic (exact) mass is 502 g/mol. The molecule has 1 aliphatic carbocycles. The van der Waals surface area contributed by atoms with Crippen molar-refractivity contribution >= 4 is 22.6 Å². The van der Waals surface area contributed by atoms with E-state index in [2.05, 4.69) is 14.9 Å². The van der Waals surface area contributed by atoms with Crippen LogP contribution in [-0.4, -0.2) is 66.8 Å². The molecule has 10 nitrogen and oxygen atoms in total. The second-order valence-electron chi connectivity index (χ2n) is 9.91. The molecule has 2 aliphatic rings. The van der Waals surface area contributed by atoms with Gasteiger partial charge in [0.05, 0.1) is 6.26 Å². The SMILES string of the molecule is O=c1[nH]n2c3c(-c4ccco4)nc(CC4CC4)nc3nc2n1CCN1CCN(c2ccc(F)cc2)CC1. The van der Waals surface area contributed by atoms with Crippen molar-refractivity contribution in [1.29, 1.82) is 0 Å². The Bertz CT molecular complexity index is 1610. The average molecular weight is 503 g/mol. The van der Waals surface area contributed by atoms with Crippen LogP contribution in [0.1, 0.15) is 18.7 Å². The summed E-state index contributed by atoms with van der Waals surface area (Å²) in [5, 5.41) is 2.93. The molecule has 5 aromatic rings. The standard InChI is InChI=1S/C26H27FN8O2/c27-18-5-7-19(8-6-18)33-12-9-32(10-13-33)11-14-34-25-30-24-23(35(25)31-26(34)36)22(20-2-1-15-37-20)28-21(29-24)16-17-3-4-17/h1-2,5-8,15,17H,3-4,9-14,16H2,(H,31,36). The second-order valence-corrected chi connectivity index (χ2v) is 9.91. The summed E-state index contributed by atoms with van der Waals surface area (Å²) in [6, 6.07) is 10.3. The van der Waals surface area contributed by atoms with Gasteiger partial charge in [0.15, 0.2) is 11.4 Å². The lowest BCUT2D eigenvalue weighted by Crippen LogP contribution is -2.47. The summed E-state index contributed by atoms with van der Waals surface area (Å²) in [5.74, 6) is 2.32. The Kier molecular flexibility index (Phi) is 5.31. The zero-order valence-corrected chi connectivity index (χ0v) is 20.3. The Labute approximate surface area is 211 Å². The number of H-pyrrole nitrogens is 1. The van der Waals surface area contributed by atoms with Gasteiger partial charge in [0.1, 0.15) is 22.9 Å². The number of nitrogens with one attached hydrogen (secondary N) is 1. The van der Waals surface area contributed by atoms with Crippen LogP contribution < -0.4 is 10.6 Å². The predicted molar refractivity (Wildman–Crippen MR) is 136 cm³/mol. The van der Waals surface area contributed by atoms with Crippen LogP contribution in [0.3, 0.4) is 0 Å². The molecule has 0 bridgehead atoms. The maximum Gasteiger partial charge on any atom is 0.343 e. The van der Waals surface area contributed by atoms with Crippen molar-refractivity contribution in [1.82, 2.24) is 34.0 Å². The first-order valence-corrected chi connectivity index (χ1v) is 12.8. The lowest BCUT2D eigenvalue weighted by molar-refractivity contribution is 0.248. The van der Waals surface area contributed by atoms with Crippen LogP contribution >= 0.6 is 0 Å². The van der Waals surface area contributed by atoms with Crippen LogP contribution in [0, 0.1) is 11.7 Å². The van der Waals surface area contributed by atoms with Gasteiger partial charge in [-0.05, 0) is 55.2 Å². The normalized spacial score (nSPS) is 16.8. The first-order valence-electron chi connectivity index (χ1n) is 12.8. The topological polar surface area (TPSA) is 100 Å². The van der Waals surface area contributed by atoms with Crippen molar-refractivity contribution in [3.8, 4) is 11.5 Å². The molecular weight excluding hydrogens is 475 g/mol. The highest BCUT2D eigenvalue weighted by molar-refractivity contribution is 5.88. The van der Waals surface area contributed by atoms with Gasteiger partial charge in [-0.3, -0.25) is 9.47 Å². The van der Waals surface area contributed by atoms with Crippen LogP contribution in [0.2, 0.25) is 0 Å². The lowest BCUT2D eigenvalue weighted by atomic mass is 10.2. The fourth-order valence-corrected chi connectivity index (χ4v) is 5.13. The third-order valence-electron chi connectivity index (χ3n) is 7.36. The molecule has 1 aliphatic heterocycles.